The molecule has 1 aliphatic carbocycles. The molecule has 120 valence electrons. The van der Waals surface area contributed by atoms with Crippen LogP contribution in [0.3, 0.4) is 0 Å². The molecule has 2 rings (SSSR count). The van der Waals surface area contributed by atoms with Gasteiger partial charge in [-0.1, -0.05) is 13.8 Å². The molecule has 0 saturated heterocycles. The van der Waals surface area contributed by atoms with Crippen LogP contribution in [-0.4, -0.2) is 43.4 Å². The minimum Gasteiger partial charge on any atom is -0.378 e. The van der Waals surface area contributed by atoms with Crippen molar-refractivity contribution in [2.75, 3.05) is 6.61 Å². The molecule has 21 heavy (non-hydrogen) atoms. The van der Waals surface area contributed by atoms with E-state index in [-0.39, 0.29) is 23.2 Å². The van der Waals surface area contributed by atoms with Gasteiger partial charge < -0.3 is 10.1 Å². The van der Waals surface area contributed by atoms with Crippen molar-refractivity contribution in [3.05, 3.63) is 11.8 Å². The van der Waals surface area contributed by atoms with Crippen LogP contribution in [0.5, 0.6) is 0 Å². The van der Waals surface area contributed by atoms with Crippen LogP contribution < -0.4 is 10.0 Å². The molecule has 0 unspecified atom stereocenters. The van der Waals surface area contributed by atoms with Gasteiger partial charge in [-0.2, -0.15) is 5.10 Å². The highest BCUT2D eigenvalue weighted by Gasteiger charge is 2.34. The second kappa shape index (κ2) is 6.87. The van der Waals surface area contributed by atoms with Gasteiger partial charge in [-0.3, -0.25) is 5.10 Å². The van der Waals surface area contributed by atoms with E-state index in [9.17, 15) is 8.42 Å². The van der Waals surface area contributed by atoms with E-state index in [2.05, 4.69) is 20.2 Å². The third-order valence-electron chi connectivity index (χ3n) is 3.47. The lowest BCUT2D eigenvalue weighted by molar-refractivity contribution is -0.00477. The quantitative estimate of drug-likeness (QED) is 0.658. The Balaban J connectivity index is 1.96. The molecule has 0 aromatic carbocycles. The number of nitrogens with zero attached hydrogens (tertiary/aromatic N) is 1. The van der Waals surface area contributed by atoms with E-state index in [1.165, 1.54) is 0 Å². The Hall–Kier alpha value is -0.960. The van der Waals surface area contributed by atoms with Gasteiger partial charge in [0, 0.05) is 30.8 Å². The normalized spacial score (nSPS) is 22.5. The summed E-state index contributed by atoms with van der Waals surface area (Å²) >= 11 is 0. The van der Waals surface area contributed by atoms with Crippen LogP contribution in [0.1, 0.15) is 39.2 Å². The minimum absolute atomic E-state index is 0.0549. The highest BCUT2D eigenvalue weighted by molar-refractivity contribution is 7.89. The number of hydrogen-bond donors (Lipinski definition) is 3. The average Bonchev–Trinajstić information content (AvgIpc) is 2.83. The lowest BCUT2D eigenvalue weighted by Crippen LogP contribution is -2.48. The molecule has 0 radical (unpaired) electrons. The van der Waals surface area contributed by atoms with E-state index in [0.717, 1.165) is 12.8 Å². The van der Waals surface area contributed by atoms with Crippen molar-refractivity contribution in [1.82, 2.24) is 20.2 Å². The predicted octanol–water partition coefficient (Wildman–Crippen LogP) is 0.754. The van der Waals surface area contributed by atoms with Crippen LogP contribution in [0.15, 0.2) is 11.2 Å². The fraction of sp³-hybridized carbons (Fsp3) is 0.769. The summed E-state index contributed by atoms with van der Waals surface area (Å²) in [5.41, 5.74) is 0.650. The van der Waals surface area contributed by atoms with Gasteiger partial charge >= 0.3 is 0 Å². The van der Waals surface area contributed by atoms with Crippen molar-refractivity contribution in [3.8, 4) is 0 Å². The predicted molar refractivity (Wildman–Crippen MR) is 79.3 cm³/mol. The molecule has 8 heteroatoms. The molecule has 1 aromatic heterocycles. The number of sulfonamides is 1. The molecule has 1 saturated carbocycles. The highest BCUT2D eigenvalue weighted by Crippen LogP contribution is 2.25. The zero-order valence-corrected chi connectivity index (χ0v) is 13.5. The lowest BCUT2D eigenvalue weighted by Gasteiger charge is -2.34. The zero-order chi connectivity index (χ0) is 15.5. The van der Waals surface area contributed by atoms with E-state index in [4.69, 9.17) is 4.74 Å². The number of aromatic nitrogens is 2. The maximum atomic E-state index is 12.4. The molecule has 0 spiro atoms. The van der Waals surface area contributed by atoms with Crippen LogP contribution in [-0.2, 0) is 21.3 Å². The number of nitrogens with one attached hydrogen (secondary N) is 3. The Morgan fingerprint density at radius 2 is 2.19 bits per heavy atom. The molecule has 7 nitrogen and oxygen atoms in total. The SMILES string of the molecule is CCOC1CC(NS(=O)(=O)c2[nH]ncc2CNC(C)C)C1. The van der Waals surface area contributed by atoms with Gasteiger partial charge in [0.1, 0.15) is 0 Å². The number of rotatable bonds is 8. The van der Waals surface area contributed by atoms with Gasteiger partial charge in [-0.05, 0) is 19.8 Å². The molecule has 1 aliphatic rings. The van der Waals surface area contributed by atoms with E-state index in [1.807, 2.05) is 20.8 Å². The van der Waals surface area contributed by atoms with E-state index >= 15 is 0 Å². The molecular weight excluding hydrogens is 292 g/mol. The van der Waals surface area contributed by atoms with Crippen molar-refractivity contribution in [2.24, 2.45) is 0 Å². The summed E-state index contributed by atoms with van der Waals surface area (Å²) in [7, 11) is -3.56. The van der Waals surface area contributed by atoms with E-state index in [1.54, 1.807) is 6.20 Å². The smallest absolute Gasteiger partial charge is 0.258 e. The molecular formula is C13H24N4O3S. The van der Waals surface area contributed by atoms with Crippen LogP contribution in [0, 0.1) is 0 Å². The summed E-state index contributed by atoms with van der Waals surface area (Å²) in [6.07, 6.45) is 3.17. The first-order valence-electron chi connectivity index (χ1n) is 7.32. The summed E-state index contributed by atoms with van der Waals surface area (Å²) in [6.45, 7) is 7.09. The molecule has 3 N–H and O–H groups in total. The van der Waals surface area contributed by atoms with E-state index in [0.29, 0.717) is 18.7 Å². The van der Waals surface area contributed by atoms with Crippen LogP contribution in [0.25, 0.3) is 0 Å². The molecule has 1 heterocycles. The monoisotopic (exact) mass is 316 g/mol. The topological polar surface area (TPSA) is 96.1 Å². The summed E-state index contributed by atoms with van der Waals surface area (Å²) in [6, 6.07) is 0.225. The van der Waals surface area contributed by atoms with Gasteiger partial charge in [0.05, 0.1) is 12.3 Å². The number of ether oxygens (including phenoxy) is 1. The number of H-pyrrole nitrogens is 1. The molecule has 1 aromatic rings. The van der Waals surface area contributed by atoms with Gasteiger partial charge in [0.15, 0.2) is 5.03 Å². The van der Waals surface area contributed by atoms with Gasteiger partial charge in [0.2, 0.25) is 0 Å². The van der Waals surface area contributed by atoms with E-state index < -0.39 is 10.0 Å². The van der Waals surface area contributed by atoms with Crippen molar-refractivity contribution >= 4 is 10.0 Å². The first-order chi connectivity index (χ1) is 9.92. The summed E-state index contributed by atoms with van der Waals surface area (Å²) in [5.74, 6) is 0. The van der Waals surface area contributed by atoms with Crippen LogP contribution in [0.2, 0.25) is 0 Å². The Morgan fingerprint density at radius 1 is 1.48 bits per heavy atom. The summed E-state index contributed by atoms with van der Waals surface area (Å²) < 4.78 is 32.9. The standard InChI is InChI=1S/C13H24N4O3S/c1-4-20-12-5-11(6-12)17-21(18,19)13-10(8-15-16-13)7-14-9(2)3/h8-9,11-12,14,17H,4-7H2,1-3H3,(H,15,16). The van der Waals surface area contributed by atoms with Crippen molar-refractivity contribution in [1.29, 1.82) is 0 Å². The lowest BCUT2D eigenvalue weighted by atomic mass is 9.90. The Bertz CT molecular complexity index is 550. The zero-order valence-electron chi connectivity index (χ0n) is 12.7. The van der Waals surface area contributed by atoms with Crippen LogP contribution >= 0.6 is 0 Å². The third kappa shape index (κ3) is 4.26. The molecule has 0 bridgehead atoms. The molecule has 1 fully saturated rings. The van der Waals surface area contributed by atoms with Gasteiger partial charge in [-0.15, -0.1) is 0 Å². The number of aromatic amines is 1. The van der Waals surface area contributed by atoms with Crippen molar-refractivity contribution in [2.45, 2.75) is 63.4 Å². The fourth-order valence-corrected chi connectivity index (χ4v) is 3.68. The first kappa shape index (κ1) is 16.4. The largest absolute Gasteiger partial charge is 0.378 e. The first-order valence-corrected chi connectivity index (χ1v) is 8.80. The average molecular weight is 316 g/mol. The second-order valence-electron chi connectivity index (χ2n) is 5.63. The summed E-state index contributed by atoms with van der Waals surface area (Å²) in [4.78, 5) is 0. The maximum absolute atomic E-state index is 12.4. The molecule has 0 amide bonds. The van der Waals surface area contributed by atoms with Crippen molar-refractivity contribution < 1.29 is 13.2 Å². The molecule has 0 atom stereocenters. The maximum Gasteiger partial charge on any atom is 0.258 e. The number of hydrogen-bond acceptors (Lipinski definition) is 5. The van der Waals surface area contributed by atoms with Crippen LogP contribution in [0.4, 0.5) is 0 Å². The van der Waals surface area contributed by atoms with Crippen molar-refractivity contribution in [3.63, 3.8) is 0 Å². The van der Waals surface area contributed by atoms with Gasteiger partial charge in [0.25, 0.3) is 10.0 Å². The highest BCUT2D eigenvalue weighted by atomic mass is 32.2. The Labute approximate surface area is 125 Å². The summed E-state index contributed by atoms with van der Waals surface area (Å²) in [5, 5.41) is 9.78. The molecule has 0 aliphatic heterocycles. The Morgan fingerprint density at radius 3 is 2.81 bits per heavy atom. The van der Waals surface area contributed by atoms with Gasteiger partial charge in [-0.25, -0.2) is 13.1 Å². The second-order valence-corrected chi connectivity index (χ2v) is 7.28. The Kier molecular flexibility index (Phi) is 5.37. The fourth-order valence-electron chi connectivity index (χ4n) is 2.28. The third-order valence-corrected chi connectivity index (χ3v) is 5.00. The minimum atomic E-state index is -3.56.